The first kappa shape index (κ1) is 29.4. The summed E-state index contributed by atoms with van der Waals surface area (Å²) in [4.78, 5) is 28.9. The van der Waals surface area contributed by atoms with Gasteiger partial charge in [0, 0.05) is 48.1 Å². The zero-order valence-electron chi connectivity index (χ0n) is 23.4. The van der Waals surface area contributed by atoms with Gasteiger partial charge >= 0.3 is 6.09 Å². The monoisotopic (exact) mass is 610 g/mol. The Morgan fingerprint density at radius 1 is 1.19 bits per heavy atom. The molecule has 0 radical (unpaired) electrons. The number of benzene rings is 2. The third-order valence-electron chi connectivity index (χ3n) is 6.82. The van der Waals surface area contributed by atoms with E-state index < -0.39 is 38.5 Å². The summed E-state index contributed by atoms with van der Waals surface area (Å²) < 4.78 is 47.1. The first-order valence-corrected chi connectivity index (χ1v) is 15.4. The maximum Gasteiger partial charge on any atom is 0.410 e. The lowest BCUT2D eigenvalue weighted by atomic mass is 10.0. The molecule has 4 aromatic rings. The van der Waals surface area contributed by atoms with Crippen LogP contribution >= 0.6 is 11.6 Å². The maximum absolute atomic E-state index is 16.3. The van der Waals surface area contributed by atoms with Crippen molar-refractivity contribution in [2.75, 3.05) is 30.8 Å². The van der Waals surface area contributed by atoms with E-state index in [2.05, 4.69) is 21.0 Å². The lowest BCUT2D eigenvalue weighted by Crippen LogP contribution is -2.56. The van der Waals surface area contributed by atoms with Crippen molar-refractivity contribution in [2.45, 2.75) is 44.0 Å². The fourth-order valence-corrected chi connectivity index (χ4v) is 5.79. The van der Waals surface area contributed by atoms with Crippen molar-refractivity contribution in [2.24, 2.45) is 0 Å². The van der Waals surface area contributed by atoms with E-state index in [0.717, 1.165) is 11.6 Å². The highest BCUT2D eigenvalue weighted by molar-refractivity contribution is 7.90. The molecule has 0 unspecified atom stereocenters. The molecule has 1 amide bonds. The van der Waals surface area contributed by atoms with Crippen molar-refractivity contribution < 1.29 is 22.3 Å². The highest BCUT2D eigenvalue weighted by atomic mass is 35.5. The molecule has 0 aliphatic carbocycles. The van der Waals surface area contributed by atoms with E-state index >= 15 is 4.39 Å². The third-order valence-corrected chi connectivity index (χ3v) is 7.98. The quantitative estimate of drug-likeness (QED) is 0.280. The molecule has 10 nitrogen and oxygen atoms in total. The Bertz CT molecular complexity index is 1870. The predicted octanol–water partition coefficient (Wildman–Crippen LogP) is 5.38. The number of piperazine rings is 1. The van der Waals surface area contributed by atoms with Gasteiger partial charge in [0.1, 0.15) is 22.6 Å². The van der Waals surface area contributed by atoms with Gasteiger partial charge in [-0.15, -0.1) is 0 Å². The summed E-state index contributed by atoms with van der Waals surface area (Å²) in [6.45, 7) is 5.78. The molecule has 13 heteroatoms. The number of rotatable bonds is 4. The van der Waals surface area contributed by atoms with Crippen molar-refractivity contribution in [3.63, 3.8) is 0 Å². The van der Waals surface area contributed by atoms with Crippen molar-refractivity contribution in [3.8, 4) is 17.3 Å². The van der Waals surface area contributed by atoms with Crippen LogP contribution in [0.3, 0.4) is 0 Å². The molecule has 5 rings (SSSR count). The van der Waals surface area contributed by atoms with Gasteiger partial charge in [0.05, 0.1) is 23.9 Å². The first-order chi connectivity index (χ1) is 19.8. The Labute approximate surface area is 247 Å². The average molecular weight is 611 g/mol. The molecule has 0 N–H and O–H groups in total. The van der Waals surface area contributed by atoms with Crippen LogP contribution in [0.4, 0.5) is 15.0 Å². The van der Waals surface area contributed by atoms with Gasteiger partial charge in [0.2, 0.25) is 15.0 Å². The summed E-state index contributed by atoms with van der Waals surface area (Å²) in [7, 11) is -3.95. The second-order valence-corrected chi connectivity index (χ2v) is 13.4. The Morgan fingerprint density at radius 3 is 2.57 bits per heavy atom. The molecule has 218 valence electrons. The Balaban J connectivity index is 1.64. The molecule has 1 aliphatic rings. The number of amides is 1. The molecule has 0 spiro atoms. The Kier molecular flexibility index (Phi) is 7.68. The van der Waals surface area contributed by atoms with Crippen LogP contribution in [0.5, 0.6) is 0 Å². The van der Waals surface area contributed by atoms with Crippen molar-refractivity contribution in [3.05, 3.63) is 53.4 Å². The van der Waals surface area contributed by atoms with Gasteiger partial charge in [-0.2, -0.15) is 5.26 Å². The smallest absolute Gasteiger partial charge is 0.410 e. The van der Waals surface area contributed by atoms with E-state index in [-0.39, 0.29) is 48.5 Å². The lowest BCUT2D eigenvalue weighted by molar-refractivity contribution is 0.0145. The van der Waals surface area contributed by atoms with Gasteiger partial charge < -0.3 is 14.5 Å². The van der Waals surface area contributed by atoms with Crippen LogP contribution in [-0.4, -0.2) is 71.9 Å². The summed E-state index contributed by atoms with van der Waals surface area (Å²) in [5, 5.41) is 10.9. The standard InChI is InChI=1S/C29H28ClFN6O4S/c1-29(2,3)41-28(38)37-14-13-36(16-18(37)11-12-32)26-20-15-33-24(23(31)25(20)34-27(35-26)42(4,39)40)19-9-5-7-17-8-6-10-21(30)22(17)19/h5-10,15,18H,11,13-14,16H2,1-4H3/t18-/m0/s1. The van der Waals surface area contributed by atoms with Gasteiger partial charge in [-0.3, -0.25) is 4.98 Å². The van der Waals surface area contributed by atoms with Gasteiger partial charge in [-0.05, 0) is 32.2 Å². The second kappa shape index (κ2) is 11.0. The van der Waals surface area contributed by atoms with Crippen LogP contribution in [0, 0.1) is 17.1 Å². The number of hydrogen-bond donors (Lipinski definition) is 0. The van der Waals surface area contributed by atoms with E-state index in [1.165, 1.54) is 11.1 Å². The normalized spacial score (nSPS) is 16.1. The zero-order valence-corrected chi connectivity index (χ0v) is 25.0. The SMILES string of the molecule is CC(C)(C)OC(=O)N1CCN(c2nc(S(C)(=O)=O)nc3c(F)c(-c4cccc5cccc(Cl)c45)ncc23)C[C@@H]1CC#N. The second-order valence-electron chi connectivity index (χ2n) is 11.1. The molecule has 1 saturated heterocycles. The molecular weight excluding hydrogens is 583 g/mol. The summed E-state index contributed by atoms with van der Waals surface area (Å²) in [6.07, 6.45) is 1.79. The zero-order chi connectivity index (χ0) is 30.4. The largest absolute Gasteiger partial charge is 0.444 e. The van der Waals surface area contributed by atoms with Crippen LogP contribution in [0.15, 0.2) is 47.8 Å². The molecule has 1 fully saturated rings. The minimum atomic E-state index is -3.95. The number of hydrogen-bond acceptors (Lipinski definition) is 9. The van der Waals surface area contributed by atoms with Crippen LogP contribution in [0.2, 0.25) is 5.02 Å². The number of sulfone groups is 1. The number of halogens is 2. The minimum Gasteiger partial charge on any atom is -0.444 e. The summed E-state index contributed by atoms with van der Waals surface area (Å²) in [5.41, 5.74) is -0.560. The van der Waals surface area contributed by atoms with Crippen LogP contribution < -0.4 is 4.90 Å². The molecule has 1 atom stereocenters. The van der Waals surface area contributed by atoms with Crippen molar-refractivity contribution in [1.29, 1.82) is 5.26 Å². The van der Waals surface area contributed by atoms with Gasteiger partial charge in [0.15, 0.2) is 5.82 Å². The number of nitriles is 1. The molecule has 2 aromatic heterocycles. The van der Waals surface area contributed by atoms with E-state index in [4.69, 9.17) is 16.3 Å². The number of aromatic nitrogens is 3. The molecule has 42 heavy (non-hydrogen) atoms. The van der Waals surface area contributed by atoms with Crippen LogP contribution in [0.1, 0.15) is 27.2 Å². The molecule has 0 saturated carbocycles. The molecule has 2 aromatic carbocycles. The van der Waals surface area contributed by atoms with Gasteiger partial charge in [0.25, 0.3) is 0 Å². The fourth-order valence-electron chi connectivity index (χ4n) is 5.00. The molecule has 0 bridgehead atoms. The first-order valence-electron chi connectivity index (χ1n) is 13.1. The summed E-state index contributed by atoms with van der Waals surface area (Å²) in [5.74, 6) is -0.685. The fraction of sp³-hybridized carbons (Fsp3) is 0.345. The highest BCUT2D eigenvalue weighted by Crippen LogP contribution is 2.37. The third kappa shape index (κ3) is 5.67. The van der Waals surface area contributed by atoms with E-state index in [9.17, 15) is 18.5 Å². The highest BCUT2D eigenvalue weighted by Gasteiger charge is 2.35. The van der Waals surface area contributed by atoms with Gasteiger partial charge in [-0.25, -0.2) is 27.6 Å². The number of nitrogens with zero attached hydrogens (tertiary/aromatic N) is 6. The topological polar surface area (TPSA) is 129 Å². The molecule has 1 aliphatic heterocycles. The van der Waals surface area contributed by atoms with E-state index in [1.807, 2.05) is 12.1 Å². The number of pyridine rings is 1. The number of carbonyl (C=O) groups is 1. The van der Waals surface area contributed by atoms with E-state index in [1.54, 1.807) is 49.9 Å². The summed E-state index contributed by atoms with van der Waals surface area (Å²) in [6, 6.07) is 12.1. The Hall–Kier alpha value is -4.08. The minimum absolute atomic E-state index is 0.00368. The van der Waals surface area contributed by atoms with Crippen LogP contribution in [0.25, 0.3) is 32.9 Å². The molecule has 3 heterocycles. The number of anilines is 1. The number of fused-ring (bicyclic) bond motifs is 2. The van der Waals surface area contributed by atoms with Crippen molar-refractivity contribution >= 4 is 55.0 Å². The van der Waals surface area contributed by atoms with Crippen molar-refractivity contribution in [1.82, 2.24) is 19.9 Å². The maximum atomic E-state index is 16.3. The van der Waals surface area contributed by atoms with Gasteiger partial charge in [-0.1, -0.05) is 41.9 Å². The van der Waals surface area contributed by atoms with E-state index in [0.29, 0.717) is 16.0 Å². The predicted molar refractivity (Wildman–Crippen MR) is 158 cm³/mol. The number of ether oxygens (including phenoxy) is 1. The molecular formula is C29H28ClFN6O4S. The lowest BCUT2D eigenvalue weighted by Gasteiger charge is -2.41. The Morgan fingerprint density at radius 2 is 1.90 bits per heavy atom. The number of carbonyl (C=O) groups excluding carboxylic acids is 1. The summed E-state index contributed by atoms with van der Waals surface area (Å²) >= 11 is 6.48. The van der Waals surface area contributed by atoms with Crippen LogP contribution in [-0.2, 0) is 14.6 Å². The average Bonchev–Trinajstić information content (AvgIpc) is 2.91.